The van der Waals surface area contributed by atoms with Crippen LogP contribution >= 0.6 is 11.8 Å². The Morgan fingerprint density at radius 3 is 2.89 bits per heavy atom. The number of halogens is 1. The summed E-state index contributed by atoms with van der Waals surface area (Å²) in [6, 6.07) is 8.86. The second kappa shape index (κ2) is 8.52. The molecule has 2 aliphatic rings. The van der Waals surface area contributed by atoms with Gasteiger partial charge < -0.3 is 4.74 Å². The summed E-state index contributed by atoms with van der Waals surface area (Å²) < 4.78 is 21.8. The minimum absolute atomic E-state index is 0.178. The Labute approximate surface area is 169 Å². The smallest absolute Gasteiger partial charge is 0.191 e. The summed E-state index contributed by atoms with van der Waals surface area (Å²) in [5.74, 6) is 3.52. The molecular formula is C21H25FN4OS. The number of nitriles is 1. The highest BCUT2D eigenvalue weighted by atomic mass is 32.2. The van der Waals surface area contributed by atoms with Crippen molar-refractivity contribution < 1.29 is 9.13 Å². The fourth-order valence-electron chi connectivity index (χ4n) is 4.88. The van der Waals surface area contributed by atoms with E-state index in [-0.39, 0.29) is 24.2 Å². The number of para-hydroxylation sites is 1. The average molecular weight is 401 g/mol. The molecule has 28 heavy (non-hydrogen) atoms. The highest BCUT2D eigenvalue weighted by molar-refractivity contribution is 7.99. The van der Waals surface area contributed by atoms with Crippen molar-refractivity contribution in [1.29, 1.82) is 5.26 Å². The number of thioether (sulfide) groups is 1. The number of benzene rings is 1. The number of rotatable bonds is 8. The number of hydrogen-bond donors (Lipinski definition) is 0. The van der Waals surface area contributed by atoms with E-state index in [1.807, 2.05) is 0 Å². The molecule has 148 valence electrons. The van der Waals surface area contributed by atoms with Gasteiger partial charge in [0.1, 0.15) is 6.61 Å². The minimum atomic E-state index is -0.377. The fraction of sp³-hybridized carbons (Fsp3) is 0.571. The van der Waals surface area contributed by atoms with Crippen LogP contribution in [0.5, 0.6) is 5.75 Å². The van der Waals surface area contributed by atoms with Crippen LogP contribution < -0.4 is 4.74 Å². The second-order valence-electron chi connectivity index (χ2n) is 7.82. The SMILES string of the molecule is C[C@@H]([C@@H]1C[C@H]2CC[C@H]1C2)n1c(COc2ccccc2F)nnc1SCCC#N. The largest absolute Gasteiger partial charge is 0.483 e. The summed E-state index contributed by atoms with van der Waals surface area (Å²) in [5, 5.41) is 18.4. The third-order valence-corrected chi connectivity index (χ3v) is 7.14. The molecule has 0 amide bonds. The Morgan fingerprint density at radius 1 is 1.32 bits per heavy atom. The topological polar surface area (TPSA) is 63.7 Å². The first-order valence-electron chi connectivity index (χ1n) is 9.98. The Kier molecular flexibility index (Phi) is 5.86. The summed E-state index contributed by atoms with van der Waals surface area (Å²) in [6.07, 6.45) is 5.76. The Bertz CT molecular complexity index is 864. The average Bonchev–Trinajstić information content (AvgIpc) is 3.43. The molecular weight excluding hydrogens is 375 g/mol. The van der Waals surface area contributed by atoms with E-state index in [2.05, 4.69) is 27.8 Å². The molecule has 0 radical (unpaired) electrons. The van der Waals surface area contributed by atoms with Gasteiger partial charge in [0, 0.05) is 18.2 Å². The van der Waals surface area contributed by atoms with E-state index in [0.29, 0.717) is 18.1 Å². The third kappa shape index (κ3) is 3.88. The lowest BCUT2D eigenvalue weighted by Gasteiger charge is -2.30. The molecule has 0 unspecified atom stereocenters. The molecule has 4 atom stereocenters. The highest BCUT2D eigenvalue weighted by Crippen LogP contribution is 2.52. The monoisotopic (exact) mass is 400 g/mol. The number of hydrogen-bond acceptors (Lipinski definition) is 5. The predicted octanol–water partition coefficient (Wildman–Crippen LogP) is 5.00. The summed E-state index contributed by atoms with van der Waals surface area (Å²) in [4.78, 5) is 0. The predicted molar refractivity (Wildman–Crippen MR) is 105 cm³/mol. The van der Waals surface area contributed by atoms with Crippen LogP contribution in [0.3, 0.4) is 0 Å². The quantitative estimate of drug-likeness (QED) is 0.461. The number of fused-ring (bicyclic) bond motifs is 2. The fourth-order valence-corrected chi connectivity index (χ4v) is 5.77. The van der Waals surface area contributed by atoms with Crippen molar-refractivity contribution in [2.75, 3.05) is 5.75 Å². The molecule has 2 aliphatic carbocycles. The van der Waals surface area contributed by atoms with Gasteiger partial charge in [0.25, 0.3) is 0 Å². The van der Waals surface area contributed by atoms with Crippen molar-refractivity contribution in [3.63, 3.8) is 0 Å². The van der Waals surface area contributed by atoms with Crippen LogP contribution in [0.25, 0.3) is 0 Å². The van der Waals surface area contributed by atoms with Crippen molar-refractivity contribution in [3.05, 3.63) is 35.9 Å². The molecule has 2 fully saturated rings. The van der Waals surface area contributed by atoms with Crippen LogP contribution in [-0.2, 0) is 6.61 Å². The van der Waals surface area contributed by atoms with E-state index in [4.69, 9.17) is 10.00 Å². The van der Waals surface area contributed by atoms with Crippen molar-refractivity contribution in [3.8, 4) is 11.8 Å². The van der Waals surface area contributed by atoms with Crippen LogP contribution in [0.1, 0.15) is 50.9 Å². The molecule has 2 bridgehead atoms. The van der Waals surface area contributed by atoms with Crippen molar-refractivity contribution in [2.45, 2.75) is 56.8 Å². The zero-order valence-corrected chi connectivity index (χ0v) is 16.9. The maximum absolute atomic E-state index is 13.9. The van der Waals surface area contributed by atoms with Gasteiger partial charge in [0.05, 0.1) is 6.07 Å². The van der Waals surface area contributed by atoms with Crippen LogP contribution in [0.2, 0.25) is 0 Å². The number of aromatic nitrogens is 3. The van der Waals surface area contributed by atoms with Gasteiger partial charge in [0.2, 0.25) is 0 Å². The highest BCUT2D eigenvalue weighted by Gasteiger charge is 2.43. The van der Waals surface area contributed by atoms with E-state index in [0.717, 1.165) is 22.8 Å². The molecule has 5 nitrogen and oxygen atoms in total. The number of ether oxygens (including phenoxy) is 1. The van der Waals surface area contributed by atoms with Crippen LogP contribution in [0, 0.1) is 34.9 Å². The van der Waals surface area contributed by atoms with Gasteiger partial charge in [-0.05, 0) is 56.1 Å². The zero-order valence-electron chi connectivity index (χ0n) is 16.1. The first-order valence-corrected chi connectivity index (χ1v) is 11.0. The van der Waals surface area contributed by atoms with E-state index < -0.39 is 0 Å². The molecule has 7 heteroatoms. The van der Waals surface area contributed by atoms with Crippen molar-refractivity contribution >= 4 is 11.8 Å². The van der Waals surface area contributed by atoms with Gasteiger partial charge in [-0.2, -0.15) is 5.26 Å². The summed E-state index contributed by atoms with van der Waals surface area (Å²) in [6.45, 7) is 2.42. The summed E-state index contributed by atoms with van der Waals surface area (Å²) >= 11 is 1.56. The normalized spacial score (nSPS) is 24.2. The Morgan fingerprint density at radius 2 is 2.18 bits per heavy atom. The van der Waals surface area contributed by atoms with Crippen LogP contribution in [-0.4, -0.2) is 20.5 Å². The first-order chi connectivity index (χ1) is 13.7. The summed E-state index contributed by atoms with van der Waals surface area (Å²) in [7, 11) is 0. The van der Waals surface area contributed by atoms with Gasteiger partial charge in [-0.3, -0.25) is 4.57 Å². The standard InChI is InChI=1S/C21H25FN4OS/c1-14(17-12-15-7-8-16(17)11-15)26-20(24-25-21(26)28-10-4-9-23)13-27-19-6-3-2-5-18(19)22/h2-3,5-6,14-17H,4,7-8,10-13H2,1H3/t14-,15-,16-,17-/m0/s1. The molecule has 1 heterocycles. The molecule has 0 spiro atoms. The molecule has 1 aromatic carbocycles. The van der Waals surface area contributed by atoms with Gasteiger partial charge >= 0.3 is 0 Å². The number of nitrogens with zero attached hydrogens (tertiary/aromatic N) is 4. The second-order valence-corrected chi connectivity index (χ2v) is 8.89. The molecule has 0 saturated heterocycles. The lowest BCUT2D eigenvalue weighted by Crippen LogP contribution is -2.24. The summed E-state index contributed by atoms with van der Waals surface area (Å²) in [5.41, 5.74) is 0. The molecule has 0 aliphatic heterocycles. The zero-order chi connectivity index (χ0) is 19.5. The minimum Gasteiger partial charge on any atom is -0.483 e. The third-order valence-electron chi connectivity index (χ3n) is 6.19. The maximum Gasteiger partial charge on any atom is 0.191 e. The Hall–Kier alpha value is -2.07. The van der Waals surface area contributed by atoms with Crippen LogP contribution in [0.4, 0.5) is 4.39 Å². The molecule has 2 aromatic rings. The van der Waals surface area contributed by atoms with Crippen molar-refractivity contribution in [2.24, 2.45) is 17.8 Å². The van der Waals surface area contributed by atoms with E-state index in [1.54, 1.807) is 30.0 Å². The van der Waals surface area contributed by atoms with Crippen LogP contribution in [0.15, 0.2) is 29.4 Å². The van der Waals surface area contributed by atoms with E-state index in [9.17, 15) is 4.39 Å². The lowest BCUT2D eigenvalue weighted by molar-refractivity contribution is 0.215. The molecule has 0 N–H and O–H groups in total. The van der Waals surface area contributed by atoms with Gasteiger partial charge in [-0.1, -0.05) is 30.3 Å². The molecule has 2 saturated carbocycles. The van der Waals surface area contributed by atoms with Gasteiger partial charge in [-0.25, -0.2) is 4.39 Å². The van der Waals surface area contributed by atoms with Crippen molar-refractivity contribution in [1.82, 2.24) is 14.8 Å². The van der Waals surface area contributed by atoms with Gasteiger partial charge in [-0.15, -0.1) is 10.2 Å². The lowest BCUT2D eigenvalue weighted by atomic mass is 9.84. The first kappa shape index (κ1) is 19.3. The van der Waals surface area contributed by atoms with E-state index >= 15 is 0 Å². The van der Waals surface area contributed by atoms with Gasteiger partial charge in [0.15, 0.2) is 22.5 Å². The maximum atomic E-state index is 13.9. The molecule has 1 aromatic heterocycles. The molecule has 4 rings (SSSR count). The van der Waals surface area contributed by atoms with E-state index in [1.165, 1.54) is 31.7 Å². The Balaban J connectivity index is 1.55.